The van der Waals surface area contributed by atoms with Gasteiger partial charge >= 0.3 is 0 Å². The van der Waals surface area contributed by atoms with Gasteiger partial charge in [-0.05, 0) is 37.5 Å². The zero-order valence-corrected chi connectivity index (χ0v) is 14.9. The molecule has 1 heterocycles. The molecule has 144 valence electrons. The molecule has 5 nitrogen and oxygen atoms in total. The van der Waals surface area contributed by atoms with E-state index >= 15 is 0 Å². The molecule has 1 aromatic carbocycles. The highest BCUT2D eigenvalue weighted by molar-refractivity contribution is 5.94. The largest absolute Gasteiger partial charge is 0.398 e. The van der Waals surface area contributed by atoms with E-state index in [-0.39, 0.29) is 17.6 Å². The molecule has 1 aromatic heterocycles. The second-order valence-electron chi connectivity index (χ2n) is 6.80. The van der Waals surface area contributed by atoms with Gasteiger partial charge in [0, 0.05) is 35.6 Å². The number of benzene rings is 1. The van der Waals surface area contributed by atoms with Crippen molar-refractivity contribution in [2.45, 2.75) is 44.7 Å². The van der Waals surface area contributed by atoms with Crippen LogP contribution in [0, 0.1) is 24.4 Å². The summed E-state index contributed by atoms with van der Waals surface area (Å²) in [4.78, 5) is 16.7. The molecular weight excluding hydrogens is 357 g/mol. The van der Waals surface area contributed by atoms with Crippen LogP contribution >= 0.6 is 0 Å². The zero-order chi connectivity index (χ0) is 19.6. The van der Waals surface area contributed by atoms with E-state index in [1.165, 1.54) is 0 Å². The number of aromatic nitrogens is 1. The average molecular weight is 378 g/mol. The van der Waals surface area contributed by atoms with E-state index in [0.717, 1.165) is 24.8 Å². The lowest BCUT2D eigenvalue weighted by Crippen LogP contribution is -2.48. The van der Waals surface area contributed by atoms with Crippen molar-refractivity contribution < 1.29 is 18.0 Å². The minimum absolute atomic E-state index is 0.104. The van der Waals surface area contributed by atoms with Gasteiger partial charge in [0.1, 0.15) is 5.82 Å². The molecule has 2 unspecified atom stereocenters. The van der Waals surface area contributed by atoms with Gasteiger partial charge in [0.05, 0.1) is 0 Å². The molecule has 0 saturated heterocycles. The molecule has 1 fully saturated rings. The number of nitrogens with zero attached hydrogens (tertiary/aromatic N) is 1. The van der Waals surface area contributed by atoms with Gasteiger partial charge in [-0.1, -0.05) is 12.8 Å². The SMILES string of the molecule is Cc1cnc(NC2CCCCC2NC(=O)c2cc(F)c(F)c(F)c2)cc1N. The summed E-state index contributed by atoms with van der Waals surface area (Å²) in [6.45, 7) is 1.86. The van der Waals surface area contributed by atoms with Crippen LogP contribution in [0.5, 0.6) is 0 Å². The van der Waals surface area contributed by atoms with Crippen molar-refractivity contribution in [1.82, 2.24) is 10.3 Å². The third kappa shape index (κ3) is 4.32. The molecule has 0 aliphatic heterocycles. The summed E-state index contributed by atoms with van der Waals surface area (Å²) in [7, 11) is 0. The first kappa shape index (κ1) is 19.0. The Balaban J connectivity index is 1.73. The number of hydrogen-bond acceptors (Lipinski definition) is 4. The number of nitrogens with two attached hydrogens (primary N) is 1. The summed E-state index contributed by atoms with van der Waals surface area (Å²) < 4.78 is 39.9. The first-order valence-corrected chi connectivity index (χ1v) is 8.79. The van der Waals surface area contributed by atoms with Crippen LogP contribution in [0.1, 0.15) is 41.6 Å². The fourth-order valence-corrected chi connectivity index (χ4v) is 3.22. The number of nitrogens with one attached hydrogen (secondary N) is 2. The Labute approximate surface area is 155 Å². The van der Waals surface area contributed by atoms with Crippen molar-refractivity contribution in [2.75, 3.05) is 11.1 Å². The molecule has 1 aliphatic carbocycles. The second kappa shape index (κ2) is 7.85. The van der Waals surface area contributed by atoms with Crippen molar-refractivity contribution in [3.63, 3.8) is 0 Å². The van der Waals surface area contributed by atoms with Crippen molar-refractivity contribution in [3.8, 4) is 0 Å². The standard InChI is InChI=1S/C19H21F3N4O/c1-10-9-24-17(8-14(10)23)25-15-4-2-3-5-16(15)26-19(27)11-6-12(20)18(22)13(21)7-11/h6-9,15-16H,2-5H2,1H3,(H,26,27)(H3,23,24,25). The molecule has 0 radical (unpaired) electrons. The number of carbonyl (C=O) groups excluding carboxylic acids is 1. The molecule has 1 aliphatic rings. The van der Waals surface area contributed by atoms with Gasteiger partial charge in [0.2, 0.25) is 0 Å². The summed E-state index contributed by atoms with van der Waals surface area (Å²) in [6, 6.07) is 2.76. The summed E-state index contributed by atoms with van der Waals surface area (Å²) in [5, 5.41) is 6.06. The summed E-state index contributed by atoms with van der Waals surface area (Å²) in [6.07, 6.45) is 5.06. The topological polar surface area (TPSA) is 80.0 Å². The number of nitrogen functional groups attached to an aromatic ring is 1. The summed E-state index contributed by atoms with van der Waals surface area (Å²) >= 11 is 0. The average Bonchev–Trinajstić information content (AvgIpc) is 2.64. The zero-order valence-electron chi connectivity index (χ0n) is 14.9. The Morgan fingerprint density at radius 2 is 1.74 bits per heavy atom. The van der Waals surface area contributed by atoms with Crippen LogP contribution in [-0.2, 0) is 0 Å². The highest BCUT2D eigenvalue weighted by Gasteiger charge is 2.28. The molecule has 2 aromatic rings. The minimum atomic E-state index is -1.59. The van der Waals surface area contributed by atoms with E-state index in [4.69, 9.17) is 5.73 Å². The molecule has 3 rings (SSSR count). The monoisotopic (exact) mass is 378 g/mol. The number of hydrogen-bond donors (Lipinski definition) is 3. The van der Waals surface area contributed by atoms with Crippen LogP contribution in [0.4, 0.5) is 24.7 Å². The minimum Gasteiger partial charge on any atom is -0.398 e. The van der Waals surface area contributed by atoms with Crippen molar-refractivity contribution in [3.05, 3.63) is 53.0 Å². The highest BCUT2D eigenvalue weighted by Crippen LogP contribution is 2.24. The Bertz CT molecular complexity index is 836. The number of pyridine rings is 1. The van der Waals surface area contributed by atoms with E-state index in [1.54, 1.807) is 12.3 Å². The third-order valence-corrected chi connectivity index (χ3v) is 4.81. The molecule has 4 N–H and O–H groups in total. The smallest absolute Gasteiger partial charge is 0.251 e. The van der Waals surface area contributed by atoms with E-state index in [2.05, 4.69) is 15.6 Å². The first-order chi connectivity index (χ1) is 12.8. The quantitative estimate of drug-likeness (QED) is 0.711. The van der Waals surface area contributed by atoms with E-state index in [0.29, 0.717) is 30.1 Å². The molecule has 0 spiro atoms. The maximum absolute atomic E-state index is 13.4. The second-order valence-corrected chi connectivity index (χ2v) is 6.80. The molecule has 1 amide bonds. The summed E-state index contributed by atoms with van der Waals surface area (Å²) in [5.74, 6) is -4.42. The molecular formula is C19H21F3N4O. The van der Waals surface area contributed by atoms with Crippen LogP contribution in [0.25, 0.3) is 0 Å². The number of aryl methyl sites for hydroxylation is 1. The van der Waals surface area contributed by atoms with Crippen molar-refractivity contribution >= 4 is 17.4 Å². The Kier molecular flexibility index (Phi) is 5.53. The lowest BCUT2D eigenvalue weighted by molar-refractivity contribution is 0.0922. The van der Waals surface area contributed by atoms with Crippen LogP contribution < -0.4 is 16.4 Å². The van der Waals surface area contributed by atoms with Gasteiger partial charge in [0.25, 0.3) is 5.91 Å². The predicted molar refractivity (Wildman–Crippen MR) is 96.8 cm³/mol. The molecule has 8 heteroatoms. The summed E-state index contributed by atoms with van der Waals surface area (Å²) in [5.41, 5.74) is 7.13. The van der Waals surface area contributed by atoms with Crippen molar-refractivity contribution in [1.29, 1.82) is 0 Å². The molecule has 0 bridgehead atoms. The van der Waals surface area contributed by atoms with Crippen LogP contribution in [-0.4, -0.2) is 23.0 Å². The maximum atomic E-state index is 13.4. The van der Waals surface area contributed by atoms with Gasteiger partial charge in [-0.25, -0.2) is 18.2 Å². The number of amides is 1. The van der Waals surface area contributed by atoms with Crippen LogP contribution in [0.15, 0.2) is 24.4 Å². The van der Waals surface area contributed by atoms with E-state index in [9.17, 15) is 18.0 Å². The molecule has 2 atom stereocenters. The number of rotatable bonds is 4. The van der Waals surface area contributed by atoms with Crippen LogP contribution in [0.2, 0.25) is 0 Å². The Hall–Kier alpha value is -2.77. The number of halogens is 3. The number of anilines is 2. The van der Waals surface area contributed by atoms with Gasteiger partial charge in [0.15, 0.2) is 17.5 Å². The Morgan fingerprint density at radius 1 is 1.11 bits per heavy atom. The fraction of sp³-hybridized carbons (Fsp3) is 0.368. The maximum Gasteiger partial charge on any atom is 0.251 e. The molecule has 1 saturated carbocycles. The van der Waals surface area contributed by atoms with Gasteiger partial charge in [-0.15, -0.1) is 0 Å². The van der Waals surface area contributed by atoms with E-state index < -0.39 is 23.4 Å². The normalized spacial score (nSPS) is 19.6. The van der Waals surface area contributed by atoms with Crippen molar-refractivity contribution in [2.24, 2.45) is 0 Å². The highest BCUT2D eigenvalue weighted by atomic mass is 19.2. The lowest BCUT2D eigenvalue weighted by Gasteiger charge is -2.33. The van der Waals surface area contributed by atoms with Gasteiger partial charge in [-0.2, -0.15) is 0 Å². The van der Waals surface area contributed by atoms with Gasteiger partial charge in [-0.3, -0.25) is 4.79 Å². The van der Waals surface area contributed by atoms with E-state index in [1.807, 2.05) is 6.92 Å². The fourth-order valence-electron chi connectivity index (χ4n) is 3.22. The molecule has 27 heavy (non-hydrogen) atoms. The number of carbonyl (C=O) groups is 1. The van der Waals surface area contributed by atoms with Crippen LogP contribution in [0.3, 0.4) is 0 Å². The predicted octanol–water partition coefficient (Wildman–Crippen LogP) is 3.54. The first-order valence-electron chi connectivity index (χ1n) is 8.79. The lowest BCUT2D eigenvalue weighted by atomic mass is 9.90. The Morgan fingerprint density at radius 3 is 2.37 bits per heavy atom. The third-order valence-electron chi connectivity index (χ3n) is 4.81. The van der Waals surface area contributed by atoms with Gasteiger partial charge < -0.3 is 16.4 Å².